The number of rotatable bonds is 3. The fraction of sp³-hybridized carbons (Fsp3) is 0.133. The third-order valence-electron chi connectivity index (χ3n) is 2.77. The summed E-state index contributed by atoms with van der Waals surface area (Å²) in [6, 6.07) is 15.4. The largest absolute Gasteiger partial charge is 0.337 e. The van der Waals surface area contributed by atoms with Gasteiger partial charge in [-0.15, -0.1) is 0 Å². The number of carbonyl (C=O) groups is 1. The number of nitrogens with zero attached hydrogens (tertiary/aromatic N) is 1. The van der Waals surface area contributed by atoms with E-state index in [2.05, 4.69) is 31.9 Å². The van der Waals surface area contributed by atoms with E-state index in [1.165, 1.54) is 0 Å². The third-order valence-corrected chi connectivity index (χ3v) is 3.83. The summed E-state index contributed by atoms with van der Waals surface area (Å²) in [5.41, 5.74) is 1.80. The Morgan fingerprint density at radius 2 is 1.42 bits per heavy atom. The molecule has 0 atom stereocenters. The molecule has 0 aliphatic rings. The molecule has 2 aromatic rings. The van der Waals surface area contributed by atoms with Crippen molar-refractivity contribution in [1.82, 2.24) is 4.90 Å². The second kappa shape index (κ2) is 6.35. The molecule has 0 fully saturated rings. The second-order valence-corrected chi connectivity index (χ2v) is 6.13. The molecular weight excluding hydrogens is 370 g/mol. The van der Waals surface area contributed by atoms with Crippen LogP contribution in [0.2, 0.25) is 0 Å². The number of halogens is 2. The molecule has 0 N–H and O–H groups in total. The van der Waals surface area contributed by atoms with E-state index in [0.29, 0.717) is 12.1 Å². The molecule has 98 valence electrons. The van der Waals surface area contributed by atoms with Crippen LogP contribution >= 0.6 is 31.9 Å². The van der Waals surface area contributed by atoms with Crippen LogP contribution in [0.5, 0.6) is 0 Å². The number of carbonyl (C=O) groups excluding carboxylic acids is 1. The minimum Gasteiger partial charge on any atom is -0.337 e. The maximum atomic E-state index is 12.2. The summed E-state index contributed by atoms with van der Waals surface area (Å²) in [7, 11) is 1.81. The van der Waals surface area contributed by atoms with Crippen molar-refractivity contribution in [2.45, 2.75) is 6.54 Å². The number of hydrogen-bond acceptors (Lipinski definition) is 1. The van der Waals surface area contributed by atoms with Gasteiger partial charge in [0.2, 0.25) is 0 Å². The van der Waals surface area contributed by atoms with E-state index in [1.54, 1.807) is 4.90 Å². The van der Waals surface area contributed by atoms with Gasteiger partial charge in [-0.25, -0.2) is 0 Å². The van der Waals surface area contributed by atoms with E-state index in [4.69, 9.17) is 0 Å². The average molecular weight is 383 g/mol. The Morgan fingerprint density at radius 3 is 1.95 bits per heavy atom. The zero-order chi connectivity index (χ0) is 13.8. The summed E-state index contributed by atoms with van der Waals surface area (Å²) in [4.78, 5) is 13.9. The summed E-state index contributed by atoms with van der Waals surface area (Å²) in [6.45, 7) is 0.599. The molecule has 19 heavy (non-hydrogen) atoms. The summed E-state index contributed by atoms with van der Waals surface area (Å²) in [5, 5.41) is 0. The van der Waals surface area contributed by atoms with E-state index in [-0.39, 0.29) is 5.91 Å². The quantitative estimate of drug-likeness (QED) is 0.766. The van der Waals surface area contributed by atoms with Crippen LogP contribution in [0.4, 0.5) is 0 Å². The smallest absolute Gasteiger partial charge is 0.253 e. The van der Waals surface area contributed by atoms with Crippen LogP contribution in [0.25, 0.3) is 0 Å². The van der Waals surface area contributed by atoms with Gasteiger partial charge in [-0.3, -0.25) is 4.79 Å². The Morgan fingerprint density at radius 1 is 0.947 bits per heavy atom. The average Bonchev–Trinajstić information content (AvgIpc) is 2.41. The topological polar surface area (TPSA) is 20.3 Å². The van der Waals surface area contributed by atoms with Gasteiger partial charge in [0, 0.05) is 28.1 Å². The maximum Gasteiger partial charge on any atom is 0.253 e. The minimum absolute atomic E-state index is 0.0235. The molecule has 0 saturated carbocycles. The minimum atomic E-state index is 0.0235. The maximum absolute atomic E-state index is 12.2. The summed E-state index contributed by atoms with van der Waals surface area (Å²) in [5.74, 6) is 0.0235. The third kappa shape index (κ3) is 3.91. The lowest BCUT2D eigenvalue weighted by molar-refractivity contribution is 0.0785. The van der Waals surface area contributed by atoms with Gasteiger partial charge in [0.1, 0.15) is 0 Å². The Kier molecular flexibility index (Phi) is 4.77. The van der Waals surface area contributed by atoms with Crippen LogP contribution < -0.4 is 0 Å². The van der Waals surface area contributed by atoms with Crippen molar-refractivity contribution in [2.24, 2.45) is 0 Å². The van der Waals surface area contributed by atoms with Crippen molar-refractivity contribution in [3.63, 3.8) is 0 Å². The monoisotopic (exact) mass is 381 g/mol. The highest BCUT2D eigenvalue weighted by molar-refractivity contribution is 9.10. The molecule has 0 aromatic heterocycles. The Bertz CT molecular complexity index is 564. The zero-order valence-electron chi connectivity index (χ0n) is 10.4. The van der Waals surface area contributed by atoms with Gasteiger partial charge < -0.3 is 4.90 Å². The molecule has 0 unspecified atom stereocenters. The predicted molar refractivity (Wildman–Crippen MR) is 84.1 cm³/mol. The van der Waals surface area contributed by atoms with Crippen LogP contribution in [0.3, 0.4) is 0 Å². The first-order chi connectivity index (χ1) is 9.06. The summed E-state index contributed by atoms with van der Waals surface area (Å²) in [6.07, 6.45) is 0. The van der Waals surface area contributed by atoms with Crippen LogP contribution in [-0.4, -0.2) is 17.9 Å². The molecule has 2 aromatic carbocycles. The molecule has 4 heteroatoms. The van der Waals surface area contributed by atoms with Gasteiger partial charge in [0.15, 0.2) is 0 Å². The molecule has 0 saturated heterocycles. The SMILES string of the molecule is CN(Cc1ccc(Br)cc1)C(=O)c1ccc(Br)cc1. The molecule has 0 bridgehead atoms. The van der Waals surface area contributed by atoms with Gasteiger partial charge in [0.05, 0.1) is 0 Å². The molecule has 0 heterocycles. The standard InChI is InChI=1S/C15H13Br2NO/c1-18(10-11-2-6-13(16)7-3-11)15(19)12-4-8-14(17)9-5-12/h2-9H,10H2,1H3. The number of amides is 1. The Labute approximate surface area is 129 Å². The first kappa shape index (κ1) is 14.3. The van der Waals surface area contributed by atoms with E-state index >= 15 is 0 Å². The molecule has 2 rings (SSSR count). The first-order valence-electron chi connectivity index (χ1n) is 5.82. The van der Waals surface area contributed by atoms with Gasteiger partial charge in [-0.05, 0) is 42.0 Å². The van der Waals surface area contributed by atoms with E-state index in [0.717, 1.165) is 14.5 Å². The second-order valence-electron chi connectivity index (χ2n) is 4.29. The molecule has 0 spiro atoms. The van der Waals surface area contributed by atoms with Crippen LogP contribution in [0.1, 0.15) is 15.9 Å². The number of hydrogen-bond donors (Lipinski definition) is 0. The van der Waals surface area contributed by atoms with E-state index in [1.807, 2.05) is 55.6 Å². The Balaban J connectivity index is 2.07. The van der Waals surface area contributed by atoms with Crippen molar-refractivity contribution in [3.05, 3.63) is 68.6 Å². The molecule has 0 aliphatic carbocycles. The van der Waals surface area contributed by atoms with Gasteiger partial charge in [0.25, 0.3) is 5.91 Å². The molecule has 1 amide bonds. The van der Waals surface area contributed by atoms with Crippen LogP contribution in [0, 0.1) is 0 Å². The van der Waals surface area contributed by atoms with E-state index < -0.39 is 0 Å². The number of benzene rings is 2. The van der Waals surface area contributed by atoms with Crippen molar-refractivity contribution in [2.75, 3.05) is 7.05 Å². The molecular formula is C15H13Br2NO. The highest BCUT2D eigenvalue weighted by atomic mass is 79.9. The zero-order valence-corrected chi connectivity index (χ0v) is 13.6. The lowest BCUT2D eigenvalue weighted by Crippen LogP contribution is -2.26. The molecule has 0 aliphatic heterocycles. The van der Waals surface area contributed by atoms with Gasteiger partial charge in [-0.1, -0.05) is 44.0 Å². The Hall–Kier alpha value is -1.13. The lowest BCUT2D eigenvalue weighted by atomic mass is 10.1. The molecule has 0 radical (unpaired) electrons. The van der Waals surface area contributed by atoms with Crippen molar-refractivity contribution in [1.29, 1.82) is 0 Å². The van der Waals surface area contributed by atoms with Crippen molar-refractivity contribution < 1.29 is 4.79 Å². The summed E-state index contributed by atoms with van der Waals surface area (Å²) < 4.78 is 2.01. The molecule has 2 nitrogen and oxygen atoms in total. The normalized spacial score (nSPS) is 10.3. The highest BCUT2D eigenvalue weighted by Crippen LogP contribution is 2.15. The fourth-order valence-corrected chi connectivity index (χ4v) is 2.28. The first-order valence-corrected chi connectivity index (χ1v) is 7.40. The van der Waals surface area contributed by atoms with E-state index in [9.17, 15) is 4.79 Å². The fourth-order valence-electron chi connectivity index (χ4n) is 1.75. The van der Waals surface area contributed by atoms with Gasteiger partial charge in [-0.2, -0.15) is 0 Å². The lowest BCUT2D eigenvalue weighted by Gasteiger charge is -2.17. The van der Waals surface area contributed by atoms with Gasteiger partial charge >= 0.3 is 0 Å². The highest BCUT2D eigenvalue weighted by Gasteiger charge is 2.11. The van der Waals surface area contributed by atoms with Crippen LogP contribution in [0.15, 0.2) is 57.5 Å². The predicted octanol–water partition coefficient (Wildman–Crippen LogP) is 4.48. The summed E-state index contributed by atoms with van der Waals surface area (Å²) >= 11 is 6.76. The van der Waals surface area contributed by atoms with Crippen molar-refractivity contribution >= 4 is 37.8 Å². The van der Waals surface area contributed by atoms with Crippen molar-refractivity contribution in [3.8, 4) is 0 Å². The van der Waals surface area contributed by atoms with Crippen LogP contribution in [-0.2, 0) is 6.54 Å².